The molecule has 0 saturated heterocycles. The van der Waals surface area contributed by atoms with Gasteiger partial charge in [-0.15, -0.1) is 0 Å². The monoisotopic (exact) mass is 302 g/mol. The molecule has 3 rings (SSSR count). The van der Waals surface area contributed by atoms with Crippen molar-refractivity contribution in [2.24, 2.45) is 0 Å². The summed E-state index contributed by atoms with van der Waals surface area (Å²) in [5, 5.41) is 1.18. The highest BCUT2D eigenvalue weighted by Gasteiger charge is 2.11. The Morgan fingerprint density at radius 1 is 1.10 bits per heavy atom. The molecule has 2 aromatic carbocycles. The highest BCUT2D eigenvalue weighted by Crippen LogP contribution is 2.28. The minimum Gasteiger partial charge on any atom is -0.494 e. The van der Waals surface area contributed by atoms with Gasteiger partial charge in [0.25, 0.3) is 0 Å². The van der Waals surface area contributed by atoms with Gasteiger partial charge in [-0.2, -0.15) is 0 Å². The number of rotatable bonds is 2. The SMILES string of the molecule is COc1cc(-c2nc(Cl)c3cc(C)ccc3n2)ccc1F. The van der Waals surface area contributed by atoms with E-state index in [1.807, 2.05) is 25.1 Å². The fourth-order valence-corrected chi connectivity index (χ4v) is 2.36. The molecule has 0 bridgehead atoms. The Hall–Kier alpha value is -2.20. The molecule has 0 unspecified atom stereocenters. The third kappa shape index (κ3) is 2.54. The van der Waals surface area contributed by atoms with E-state index in [2.05, 4.69) is 9.97 Å². The lowest BCUT2D eigenvalue weighted by Crippen LogP contribution is -1.94. The minimum absolute atomic E-state index is 0.149. The Bertz CT molecular complexity index is 836. The highest BCUT2D eigenvalue weighted by molar-refractivity contribution is 6.34. The van der Waals surface area contributed by atoms with Crippen LogP contribution in [0.5, 0.6) is 5.75 Å². The number of benzene rings is 2. The van der Waals surface area contributed by atoms with Crippen molar-refractivity contribution in [2.45, 2.75) is 6.92 Å². The number of aryl methyl sites for hydroxylation is 1. The molecule has 21 heavy (non-hydrogen) atoms. The Labute approximate surface area is 126 Å². The molecule has 1 heterocycles. The second kappa shape index (κ2) is 5.30. The van der Waals surface area contributed by atoms with E-state index in [0.29, 0.717) is 16.5 Å². The summed E-state index contributed by atoms with van der Waals surface area (Å²) < 4.78 is 18.4. The molecule has 0 amide bonds. The second-order valence-electron chi connectivity index (χ2n) is 4.71. The summed E-state index contributed by atoms with van der Waals surface area (Å²) in [6.07, 6.45) is 0. The van der Waals surface area contributed by atoms with Gasteiger partial charge in [0.1, 0.15) is 5.15 Å². The van der Waals surface area contributed by atoms with Crippen LogP contribution in [0.1, 0.15) is 5.56 Å². The van der Waals surface area contributed by atoms with Gasteiger partial charge in [-0.25, -0.2) is 14.4 Å². The van der Waals surface area contributed by atoms with Crippen molar-refractivity contribution < 1.29 is 9.13 Å². The number of aromatic nitrogens is 2. The summed E-state index contributed by atoms with van der Waals surface area (Å²) in [6, 6.07) is 10.3. The summed E-state index contributed by atoms with van der Waals surface area (Å²) in [6.45, 7) is 1.98. The van der Waals surface area contributed by atoms with Crippen molar-refractivity contribution in [1.82, 2.24) is 9.97 Å². The van der Waals surface area contributed by atoms with Crippen LogP contribution in [0.25, 0.3) is 22.3 Å². The van der Waals surface area contributed by atoms with E-state index >= 15 is 0 Å². The van der Waals surface area contributed by atoms with Crippen LogP contribution >= 0.6 is 11.6 Å². The molecule has 5 heteroatoms. The summed E-state index contributed by atoms with van der Waals surface area (Å²) in [7, 11) is 1.42. The molecule has 0 radical (unpaired) electrons. The Morgan fingerprint density at radius 2 is 1.90 bits per heavy atom. The fourth-order valence-electron chi connectivity index (χ4n) is 2.13. The van der Waals surface area contributed by atoms with Gasteiger partial charge in [0.15, 0.2) is 17.4 Å². The lowest BCUT2D eigenvalue weighted by molar-refractivity contribution is 0.387. The maximum Gasteiger partial charge on any atom is 0.165 e. The van der Waals surface area contributed by atoms with Crippen molar-refractivity contribution in [3.05, 3.63) is 52.9 Å². The van der Waals surface area contributed by atoms with Gasteiger partial charge in [0.05, 0.1) is 12.6 Å². The summed E-state index contributed by atoms with van der Waals surface area (Å²) in [4.78, 5) is 8.77. The average Bonchev–Trinajstić information content (AvgIpc) is 2.48. The lowest BCUT2D eigenvalue weighted by Gasteiger charge is -2.07. The largest absolute Gasteiger partial charge is 0.494 e. The van der Waals surface area contributed by atoms with E-state index in [9.17, 15) is 4.39 Å². The molecule has 0 N–H and O–H groups in total. The molecule has 0 fully saturated rings. The topological polar surface area (TPSA) is 35.0 Å². The standard InChI is InChI=1S/C16H12ClFN2O/c1-9-3-6-13-11(7-9)15(17)20-16(19-13)10-4-5-12(18)14(8-10)21-2/h3-8H,1-2H3. The predicted octanol–water partition coefficient (Wildman–Crippen LogP) is 4.41. The number of hydrogen-bond acceptors (Lipinski definition) is 3. The van der Waals surface area contributed by atoms with E-state index in [1.54, 1.807) is 12.1 Å². The van der Waals surface area contributed by atoms with Crippen LogP contribution in [-0.4, -0.2) is 17.1 Å². The smallest absolute Gasteiger partial charge is 0.165 e. The van der Waals surface area contributed by atoms with Crippen molar-refractivity contribution in [3.8, 4) is 17.1 Å². The van der Waals surface area contributed by atoms with E-state index in [4.69, 9.17) is 16.3 Å². The molecule has 0 aliphatic rings. The first kappa shape index (κ1) is 13.8. The lowest BCUT2D eigenvalue weighted by atomic mass is 10.1. The molecule has 1 aromatic heterocycles. The van der Waals surface area contributed by atoms with Crippen LogP contribution in [0.3, 0.4) is 0 Å². The summed E-state index contributed by atoms with van der Waals surface area (Å²) in [5.41, 5.74) is 2.49. The molecule has 106 valence electrons. The quantitative estimate of drug-likeness (QED) is 0.658. The average molecular weight is 303 g/mol. The molecule has 0 saturated carbocycles. The van der Waals surface area contributed by atoms with Gasteiger partial charge in [-0.05, 0) is 37.3 Å². The van der Waals surface area contributed by atoms with Crippen LogP contribution in [-0.2, 0) is 0 Å². The van der Waals surface area contributed by atoms with E-state index in [-0.39, 0.29) is 5.75 Å². The number of methoxy groups -OCH3 is 1. The molecule has 0 atom stereocenters. The first-order valence-electron chi connectivity index (χ1n) is 6.36. The van der Waals surface area contributed by atoms with E-state index in [1.165, 1.54) is 13.2 Å². The molecular weight excluding hydrogens is 291 g/mol. The fraction of sp³-hybridized carbons (Fsp3) is 0.125. The third-order valence-electron chi connectivity index (χ3n) is 3.21. The number of hydrogen-bond donors (Lipinski definition) is 0. The zero-order valence-electron chi connectivity index (χ0n) is 11.5. The molecule has 3 nitrogen and oxygen atoms in total. The summed E-state index contributed by atoms with van der Waals surface area (Å²) in [5.74, 6) is 0.162. The third-order valence-corrected chi connectivity index (χ3v) is 3.50. The van der Waals surface area contributed by atoms with Gasteiger partial charge in [-0.3, -0.25) is 0 Å². The molecule has 0 aliphatic heterocycles. The first-order chi connectivity index (χ1) is 10.1. The normalized spacial score (nSPS) is 10.9. The van der Waals surface area contributed by atoms with Crippen LogP contribution < -0.4 is 4.74 Å². The van der Waals surface area contributed by atoms with Crippen molar-refractivity contribution in [3.63, 3.8) is 0 Å². The molecular formula is C16H12ClFN2O. The zero-order valence-corrected chi connectivity index (χ0v) is 12.3. The van der Waals surface area contributed by atoms with Gasteiger partial charge >= 0.3 is 0 Å². The number of nitrogens with zero attached hydrogens (tertiary/aromatic N) is 2. The Balaban J connectivity index is 2.19. The van der Waals surface area contributed by atoms with Crippen LogP contribution in [0.15, 0.2) is 36.4 Å². The van der Waals surface area contributed by atoms with Gasteiger partial charge in [-0.1, -0.05) is 23.2 Å². The maximum absolute atomic E-state index is 13.5. The molecule has 0 aliphatic carbocycles. The van der Waals surface area contributed by atoms with E-state index < -0.39 is 5.82 Å². The first-order valence-corrected chi connectivity index (χ1v) is 6.74. The number of fused-ring (bicyclic) bond motifs is 1. The van der Waals surface area contributed by atoms with Crippen LogP contribution in [0, 0.1) is 12.7 Å². The number of ether oxygens (including phenoxy) is 1. The van der Waals surface area contributed by atoms with Crippen LogP contribution in [0.4, 0.5) is 4.39 Å². The minimum atomic E-state index is -0.427. The predicted molar refractivity (Wildman–Crippen MR) is 81.2 cm³/mol. The van der Waals surface area contributed by atoms with Crippen molar-refractivity contribution in [2.75, 3.05) is 7.11 Å². The summed E-state index contributed by atoms with van der Waals surface area (Å²) >= 11 is 6.23. The highest BCUT2D eigenvalue weighted by atomic mass is 35.5. The van der Waals surface area contributed by atoms with Crippen LogP contribution in [0.2, 0.25) is 5.15 Å². The Kier molecular flexibility index (Phi) is 3.47. The van der Waals surface area contributed by atoms with Crippen molar-refractivity contribution in [1.29, 1.82) is 0 Å². The molecule has 3 aromatic rings. The van der Waals surface area contributed by atoms with Gasteiger partial charge in [0, 0.05) is 10.9 Å². The van der Waals surface area contributed by atoms with Crippen molar-refractivity contribution >= 4 is 22.5 Å². The second-order valence-corrected chi connectivity index (χ2v) is 5.07. The van der Waals surface area contributed by atoms with E-state index in [0.717, 1.165) is 16.5 Å². The van der Waals surface area contributed by atoms with Gasteiger partial charge in [0.2, 0.25) is 0 Å². The maximum atomic E-state index is 13.5. The van der Waals surface area contributed by atoms with Gasteiger partial charge < -0.3 is 4.74 Å². The Morgan fingerprint density at radius 3 is 2.67 bits per heavy atom. The number of halogens is 2. The zero-order chi connectivity index (χ0) is 15.0. The molecule has 0 spiro atoms.